The molecular weight excluding hydrogens is 282 g/mol. The molecule has 2 aromatic heterocycles. The molecule has 0 bridgehead atoms. The number of aliphatic hydroxyl groups is 1. The van der Waals surface area contributed by atoms with Crippen molar-refractivity contribution in [1.82, 2.24) is 14.8 Å². The molecule has 0 spiro atoms. The van der Waals surface area contributed by atoms with Crippen molar-refractivity contribution in [3.63, 3.8) is 0 Å². The van der Waals surface area contributed by atoms with Crippen molar-refractivity contribution in [2.45, 2.75) is 26.0 Å². The molecule has 2 rings (SSSR count). The van der Waals surface area contributed by atoms with Crippen molar-refractivity contribution in [2.75, 3.05) is 0 Å². The van der Waals surface area contributed by atoms with Gasteiger partial charge in [0, 0.05) is 23.4 Å². The second-order valence-corrected chi connectivity index (χ2v) is 4.70. The summed E-state index contributed by atoms with van der Waals surface area (Å²) in [7, 11) is 0. The second kappa shape index (κ2) is 5.42. The molecule has 0 radical (unpaired) electrons. The normalized spacial score (nSPS) is 12.6. The van der Waals surface area contributed by atoms with E-state index in [9.17, 15) is 5.11 Å². The van der Waals surface area contributed by atoms with Gasteiger partial charge in [-0.05, 0) is 40.5 Å². The first-order chi connectivity index (χ1) is 8.22. The molecule has 90 valence electrons. The largest absolute Gasteiger partial charge is 0.380 e. The zero-order valence-corrected chi connectivity index (χ0v) is 11.1. The highest BCUT2D eigenvalue weighted by Gasteiger charge is 2.16. The summed E-state index contributed by atoms with van der Waals surface area (Å²) < 4.78 is 2.71. The van der Waals surface area contributed by atoms with Crippen molar-refractivity contribution in [1.29, 1.82) is 0 Å². The summed E-state index contributed by atoms with van der Waals surface area (Å²) in [6.45, 7) is 2.88. The molecule has 0 amide bonds. The van der Waals surface area contributed by atoms with Crippen LogP contribution in [-0.4, -0.2) is 19.9 Å². The summed E-state index contributed by atoms with van der Waals surface area (Å²) in [5.41, 5.74) is 1.41. The molecular formula is C12H14BrN3O. The predicted molar refractivity (Wildman–Crippen MR) is 68.5 cm³/mol. The van der Waals surface area contributed by atoms with E-state index in [1.165, 1.54) is 0 Å². The SMILES string of the molecule is CCCn1nccc1C(O)c1ccc(Br)cn1. The van der Waals surface area contributed by atoms with E-state index >= 15 is 0 Å². The van der Waals surface area contributed by atoms with Gasteiger partial charge in [0.1, 0.15) is 6.10 Å². The molecule has 0 aliphatic heterocycles. The summed E-state index contributed by atoms with van der Waals surface area (Å²) in [5.74, 6) is 0. The quantitative estimate of drug-likeness (QED) is 0.943. The minimum absolute atomic E-state index is 0.631. The highest BCUT2D eigenvalue weighted by Crippen LogP contribution is 2.21. The third-order valence-electron chi connectivity index (χ3n) is 2.50. The standard InChI is InChI=1S/C12H14BrN3O/c1-2-7-16-11(5-6-15-16)12(17)10-4-3-9(13)8-14-10/h3-6,8,12,17H,2,7H2,1H3. The maximum absolute atomic E-state index is 10.2. The van der Waals surface area contributed by atoms with Crippen molar-refractivity contribution >= 4 is 15.9 Å². The van der Waals surface area contributed by atoms with E-state index < -0.39 is 6.10 Å². The Kier molecular flexibility index (Phi) is 3.91. The number of hydrogen-bond acceptors (Lipinski definition) is 3. The maximum atomic E-state index is 10.2. The summed E-state index contributed by atoms with van der Waals surface area (Å²) in [6, 6.07) is 5.49. The Hall–Kier alpha value is -1.20. The van der Waals surface area contributed by atoms with Crippen LogP contribution in [0.4, 0.5) is 0 Å². The lowest BCUT2D eigenvalue weighted by Gasteiger charge is -2.12. The van der Waals surface area contributed by atoms with E-state index in [2.05, 4.69) is 32.9 Å². The van der Waals surface area contributed by atoms with Crippen LogP contribution < -0.4 is 0 Å². The van der Waals surface area contributed by atoms with Crippen molar-refractivity contribution in [3.8, 4) is 0 Å². The van der Waals surface area contributed by atoms with Crippen molar-refractivity contribution < 1.29 is 5.11 Å². The Morgan fingerprint density at radius 2 is 2.24 bits per heavy atom. The maximum Gasteiger partial charge on any atom is 0.137 e. The van der Waals surface area contributed by atoms with E-state index in [1.807, 2.05) is 16.8 Å². The lowest BCUT2D eigenvalue weighted by atomic mass is 10.1. The monoisotopic (exact) mass is 295 g/mol. The van der Waals surface area contributed by atoms with Gasteiger partial charge in [0.05, 0.1) is 11.4 Å². The first-order valence-electron chi connectivity index (χ1n) is 5.53. The number of halogens is 1. The highest BCUT2D eigenvalue weighted by molar-refractivity contribution is 9.10. The number of aliphatic hydroxyl groups excluding tert-OH is 1. The van der Waals surface area contributed by atoms with Gasteiger partial charge in [0.15, 0.2) is 0 Å². The molecule has 5 heteroatoms. The molecule has 0 aliphatic carbocycles. The van der Waals surface area contributed by atoms with Gasteiger partial charge < -0.3 is 5.11 Å². The van der Waals surface area contributed by atoms with Crippen LogP contribution in [-0.2, 0) is 6.54 Å². The average Bonchev–Trinajstić information content (AvgIpc) is 2.78. The van der Waals surface area contributed by atoms with E-state index in [0.717, 1.165) is 23.1 Å². The van der Waals surface area contributed by atoms with E-state index in [0.29, 0.717) is 5.69 Å². The molecule has 0 aliphatic rings. The fourth-order valence-electron chi connectivity index (χ4n) is 1.67. The molecule has 0 aromatic carbocycles. The van der Waals surface area contributed by atoms with Gasteiger partial charge in [-0.3, -0.25) is 9.67 Å². The fraction of sp³-hybridized carbons (Fsp3) is 0.333. The second-order valence-electron chi connectivity index (χ2n) is 3.78. The molecule has 17 heavy (non-hydrogen) atoms. The van der Waals surface area contributed by atoms with Crippen LogP contribution in [0.5, 0.6) is 0 Å². The summed E-state index contributed by atoms with van der Waals surface area (Å²) >= 11 is 3.32. The first kappa shape index (κ1) is 12.3. The Labute approximate surface area is 108 Å². The Morgan fingerprint density at radius 3 is 2.88 bits per heavy atom. The van der Waals surface area contributed by atoms with Gasteiger partial charge >= 0.3 is 0 Å². The van der Waals surface area contributed by atoms with Crippen molar-refractivity contribution in [3.05, 3.63) is 46.5 Å². The van der Waals surface area contributed by atoms with Crippen LogP contribution in [0.3, 0.4) is 0 Å². The molecule has 2 aromatic rings. The van der Waals surface area contributed by atoms with Crippen LogP contribution in [0.2, 0.25) is 0 Å². The van der Waals surface area contributed by atoms with Crippen LogP contribution in [0.15, 0.2) is 35.1 Å². The zero-order valence-electron chi connectivity index (χ0n) is 9.55. The topological polar surface area (TPSA) is 50.9 Å². The average molecular weight is 296 g/mol. The van der Waals surface area contributed by atoms with Gasteiger partial charge in [-0.15, -0.1) is 0 Å². The summed E-state index contributed by atoms with van der Waals surface area (Å²) in [4.78, 5) is 4.20. The lowest BCUT2D eigenvalue weighted by molar-refractivity contribution is 0.202. The molecule has 4 nitrogen and oxygen atoms in total. The Morgan fingerprint density at radius 1 is 1.41 bits per heavy atom. The van der Waals surface area contributed by atoms with E-state index in [4.69, 9.17) is 0 Å². The third kappa shape index (κ3) is 2.73. The van der Waals surface area contributed by atoms with Crippen LogP contribution >= 0.6 is 15.9 Å². The van der Waals surface area contributed by atoms with Gasteiger partial charge in [-0.1, -0.05) is 6.92 Å². The van der Waals surface area contributed by atoms with Gasteiger partial charge in [-0.25, -0.2) is 0 Å². The first-order valence-corrected chi connectivity index (χ1v) is 6.33. The van der Waals surface area contributed by atoms with Crippen LogP contribution in [0.25, 0.3) is 0 Å². The number of aryl methyl sites for hydroxylation is 1. The Balaban J connectivity index is 2.26. The smallest absolute Gasteiger partial charge is 0.137 e. The minimum atomic E-state index is -0.725. The highest BCUT2D eigenvalue weighted by atomic mass is 79.9. The Bertz CT molecular complexity index is 481. The number of hydrogen-bond donors (Lipinski definition) is 1. The summed E-state index contributed by atoms with van der Waals surface area (Å²) in [5, 5.41) is 14.4. The zero-order chi connectivity index (χ0) is 12.3. The third-order valence-corrected chi connectivity index (χ3v) is 2.96. The van der Waals surface area contributed by atoms with Crippen molar-refractivity contribution in [2.24, 2.45) is 0 Å². The molecule has 1 unspecified atom stereocenters. The van der Waals surface area contributed by atoms with Gasteiger partial charge in [0.25, 0.3) is 0 Å². The number of pyridine rings is 1. The molecule has 0 saturated carbocycles. The molecule has 0 fully saturated rings. The molecule has 0 saturated heterocycles. The van der Waals surface area contributed by atoms with Gasteiger partial charge in [0.2, 0.25) is 0 Å². The molecule has 2 heterocycles. The fourth-order valence-corrected chi connectivity index (χ4v) is 1.91. The number of rotatable bonds is 4. The minimum Gasteiger partial charge on any atom is -0.380 e. The van der Waals surface area contributed by atoms with E-state index in [-0.39, 0.29) is 0 Å². The molecule has 1 atom stereocenters. The van der Waals surface area contributed by atoms with Gasteiger partial charge in [-0.2, -0.15) is 5.10 Å². The van der Waals surface area contributed by atoms with E-state index in [1.54, 1.807) is 18.5 Å². The summed E-state index contributed by atoms with van der Waals surface area (Å²) in [6.07, 6.45) is 3.64. The lowest BCUT2D eigenvalue weighted by Crippen LogP contribution is -2.11. The predicted octanol–water partition coefficient (Wildman–Crippen LogP) is 2.53. The van der Waals surface area contributed by atoms with Crippen LogP contribution in [0, 0.1) is 0 Å². The molecule has 1 N–H and O–H groups in total. The van der Waals surface area contributed by atoms with Crippen LogP contribution in [0.1, 0.15) is 30.8 Å². The number of nitrogens with zero attached hydrogens (tertiary/aromatic N) is 3. The number of aromatic nitrogens is 3.